The second kappa shape index (κ2) is 9.42. The number of phosphoric acid groups is 1. The van der Waals surface area contributed by atoms with E-state index in [2.05, 4.69) is 11.6 Å². The molecule has 0 saturated carbocycles. The summed E-state index contributed by atoms with van der Waals surface area (Å²) in [4.78, 5) is 14.2. The Balaban J connectivity index is 1.60. The number of rotatable bonds is 1. The molecule has 33 heavy (non-hydrogen) atoms. The van der Waals surface area contributed by atoms with Crippen LogP contribution in [0.2, 0.25) is 0 Å². The van der Waals surface area contributed by atoms with E-state index in [9.17, 15) is 18.4 Å². The Kier molecular flexibility index (Phi) is 7.10. The standard InChI is InChI=1S/C16H24F2N4O9P2/c1-6(19)12-7(2)22(5-21-12)16-11(18)14-8(29-16)3-26-32(23)30-13-9(28-15(20)10(13)17)4-27-33(24,25)31-14/h5,8-11,13-16,32H,2-4,19-20H2,1H3,(H,24,25)/b12-6-/t8-,9-,10-,11-,13-,14-,15-,16-/m1/s1. The van der Waals surface area contributed by atoms with E-state index in [0.29, 0.717) is 11.0 Å². The first-order chi connectivity index (χ1) is 15.5. The van der Waals surface area contributed by atoms with E-state index >= 15 is 4.39 Å². The lowest BCUT2D eigenvalue weighted by Crippen LogP contribution is -2.38. The third-order valence-corrected chi connectivity index (χ3v) is 7.24. The lowest BCUT2D eigenvalue weighted by molar-refractivity contribution is -0.0548. The molecule has 3 aliphatic rings. The van der Waals surface area contributed by atoms with Gasteiger partial charge in [0.15, 0.2) is 18.6 Å². The van der Waals surface area contributed by atoms with Crippen molar-refractivity contribution < 1.29 is 50.4 Å². The largest absolute Gasteiger partial charge is 0.472 e. The maximum atomic E-state index is 15.4. The lowest BCUT2D eigenvalue weighted by atomic mass is 10.1. The number of alkyl halides is 2. The van der Waals surface area contributed by atoms with Crippen LogP contribution in [0.5, 0.6) is 0 Å². The maximum absolute atomic E-state index is 15.4. The molecule has 0 radical (unpaired) electrons. The van der Waals surface area contributed by atoms with Gasteiger partial charge in [0, 0.05) is 5.70 Å². The summed E-state index contributed by atoms with van der Waals surface area (Å²) >= 11 is 0. The number of phosphoric ester groups is 1. The molecule has 2 unspecified atom stereocenters. The molecule has 0 aromatic carbocycles. The minimum atomic E-state index is -4.90. The Morgan fingerprint density at radius 2 is 2.00 bits per heavy atom. The SMILES string of the molecule is C=c1/c(=C(\C)N)ncn1[C@@H]1O[C@@H]2CO[PH](=O)O[C@H]3[C@@H](F)[C@H](N)O[C@@H]3COP(=O)(O)O[C@H]2[C@H]1F. The van der Waals surface area contributed by atoms with Crippen molar-refractivity contribution in [1.82, 2.24) is 9.55 Å². The molecule has 10 atom stereocenters. The summed E-state index contributed by atoms with van der Waals surface area (Å²) < 4.78 is 86.5. The van der Waals surface area contributed by atoms with E-state index in [1.165, 1.54) is 10.9 Å². The molecule has 17 heteroatoms. The van der Waals surface area contributed by atoms with Gasteiger partial charge in [0.25, 0.3) is 0 Å². The van der Waals surface area contributed by atoms with Crippen molar-refractivity contribution in [3.63, 3.8) is 0 Å². The maximum Gasteiger partial charge on any atom is 0.472 e. The van der Waals surface area contributed by atoms with Crippen LogP contribution in [0.1, 0.15) is 13.2 Å². The Hall–Kier alpha value is -1.25. The molecule has 3 fully saturated rings. The number of nitrogens with two attached hydrogens (primary N) is 2. The highest BCUT2D eigenvalue weighted by Crippen LogP contribution is 2.50. The van der Waals surface area contributed by atoms with Gasteiger partial charge >= 0.3 is 16.1 Å². The Bertz CT molecular complexity index is 1070. The predicted molar refractivity (Wildman–Crippen MR) is 107 cm³/mol. The van der Waals surface area contributed by atoms with Gasteiger partial charge in [-0.25, -0.2) is 18.3 Å². The first-order valence-corrected chi connectivity index (χ1v) is 12.5. The lowest BCUT2D eigenvalue weighted by Gasteiger charge is -2.25. The quantitative estimate of drug-likeness (QED) is 0.386. The molecule has 0 aliphatic carbocycles. The molecule has 5 N–H and O–H groups in total. The highest BCUT2D eigenvalue weighted by atomic mass is 31.2. The van der Waals surface area contributed by atoms with Gasteiger partial charge < -0.3 is 39.4 Å². The molecule has 3 saturated heterocycles. The Labute approximate surface area is 186 Å². The number of ether oxygens (including phenoxy) is 2. The molecule has 13 nitrogen and oxygen atoms in total. The molecule has 3 aliphatic heterocycles. The van der Waals surface area contributed by atoms with E-state index in [1.807, 2.05) is 0 Å². The van der Waals surface area contributed by atoms with Gasteiger partial charge in [-0.05, 0) is 6.92 Å². The molecular formula is C16H24F2N4O9P2. The minimum absolute atomic E-state index is 0.233. The summed E-state index contributed by atoms with van der Waals surface area (Å²) in [6, 6.07) is 0. The van der Waals surface area contributed by atoms with Crippen LogP contribution in [0.25, 0.3) is 12.3 Å². The van der Waals surface area contributed by atoms with Crippen LogP contribution in [0.3, 0.4) is 0 Å². The fourth-order valence-electron chi connectivity index (χ4n) is 3.78. The monoisotopic (exact) mass is 516 g/mol. The average molecular weight is 516 g/mol. The van der Waals surface area contributed by atoms with Crippen molar-refractivity contribution in [2.45, 2.75) is 56.1 Å². The zero-order chi connectivity index (χ0) is 24.1. The number of hydrogen-bond donors (Lipinski definition) is 3. The summed E-state index contributed by atoms with van der Waals surface area (Å²) in [5.41, 5.74) is 11.5. The van der Waals surface area contributed by atoms with E-state index in [1.54, 1.807) is 6.92 Å². The molecular weight excluding hydrogens is 492 g/mol. The van der Waals surface area contributed by atoms with E-state index in [-0.39, 0.29) is 5.35 Å². The summed E-state index contributed by atoms with van der Waals surface area (Å²) in [5.74, 6) is 0. The van der Waals surface area contributed by atoms with Crippen LogP contribution in [-0.4, -0.2) is 70.6 Å². The third kappa shape index (κ3) is 4.94. The van der Waals surface area contributed by atoms with Crippen LogP contribution in [-0.2, 0) is 36.7 Å². The van der Waals surface area contributed by atoms with Crippen LogP contribution >= 0.6 is 16.1 Å². The van der Waals surface area contributed by atoms with Gasteiger partial charge in [0.05, 0.1) is 24.9 Å². The van der Waals surface area contributed by atoms with Gasteiger partial charge in [-0.2, -0.15) is 0 Å². The van der Waals surface area contributed by atoms with Crippen molar-refractivity contribution in [2.24, 2.45) is 11.5 Å². The van der Waals surface area contributed by atoms with Crippen molar-refractivity contribution in [3.8, 4) is 0 Å². The topological polar surface area (TPSA) is 180 Å². The molecule has 0 amide bonds. The van der Waals surface area contributed by atoms with Crippen molar-refractivity contribution >= 4 is 28.4 Å². The van der Waals surface area contributed by atoms with Gasteiger partial charge in [-0.15, -0.1) is 0 Å². The van der Waals surface area contributed by atoms with Gasteiger partial charge in [-0.1, -0.05) is 6.58 Å². The molecule has 1 aromatic rings. The molecule has 0 bridgehead atoms. The number of aromatic nitrogens is 2. The molecule has 0 spiro atoms. The number of nitrogens with zero attached hydrogens (tertiary/aromatic N) is 2. The number of hydrogen-bond acceptors (Lipinski definition) is 11. The molecule has 186 valence electrons. The summed E-state index contributed by atoms with van der Waals surface area (Å²) in [5, 5.41) is 0.547. The summed E-state index contributed by atoms with van der Waals surface area (Å²) in [6.45, 7) is 4.10. The van der Waals surface area contributed by atoms with Crippen LogP contribution in [0.4, 0.5) is 8.78 Å². The van der Waals surface area contributed by atoms with E-state index in [4.69, 9.17) is 39.0 Å². The summed E-state index contributed by atoms with van der Waals surface area (Å²) in [6.07, 6.45) is -11.3. The smallest absolute Gasteiger partial charge is 0.400 e. The fourth-order valence-corrected chi connectivity index (χ4v) is 5.61. The second-order valence-electron chi connectivity index (χ2n) is 7.70. The van der Waals surface area contributed by atoms with Gasteiger partial charge in [0.2, 0.25) is 0 Å². The fraction of sp³-hybridized carbons (Fsp3) is 0.688. The Morgan fingerprint density at radius 1 is 1.30 bits per heavy atom. The first-order valence-electron chi connectivity index (χ1n) is 9.80. The highest BCUT2D eigenvalue weighted by molar-refractivity contribution is 7.47. The second-order valence-corrected chi connectivity index (χ2v) is 10.1. The molecule has 4 heterocycles. The van der Waals surface area contributed by atoms with Gasteiger partial charge in [0.1, 0.15) is 36.0 Å². The van der Waals surface area contributed by atoms with E-state index < -0.39 is 78.5 Å². The molecule has 1 aromatic heterocycles. The number of imidazole rings is 1. The predicted octanol–water partition coefficient (Wildman–Crippen LogP) is -1.06. The Morgan fingerprint density at radius 3 is 2.67 bits per heavy atom. The number of halogens is 2. The average Bonchev–Trinajstić information content (AvgIpc) is 3.34. The third-order valence-electron chi connectivity index (χ3n) is 5.39. The summed E-state index contributed by atoms with van der Waals surface area (Å²) in [7, 11) is -8.23. The zero-order valence-electron chi connectivity index (χ0n) is 17.3. The first kappa shape index (κ1) is 24.9. The highest BCUT2D eigenvalue weighted by Gasteiger charge is 2.52. The van der Waals surface area contributed by atoms with Crippen LogP contribution in [0, 0.1) is 0 Å². The van der Waals surface area contributed by atoms with E-state index in [0.717, 1.165) is 0 Å². The van der Waals surface area contributed by atoms with Gasteiger partial charge in [-0.3, -0.25) is 13.6 Å². The van der Waals surface area contributed by atoms with Crippen molar-refractivity contribution in [1.29, 1.82) is 0 Å². The normalized spacial score (nSPS) is 45.5. The zero-order valence-corrected chi connectivity index (χ0v) is 19.2. The van der Waals surface area contributed by atoms with Crippen molar-refractivity contribution in [2.75, 3.05) is 13.2 Å². The molecule has 4 rings (SSSR count). The minimum Gasteiger partial charge on any atom is -0.400 e. The van der Waals surface area contributed by atoms with Crippen molar-refractivity contribution in [3.05, 3.63) is 17.0 Å². The van der Waals surface area contributed by atoms with Crippen LogP contribution in [0.15, 0.2) is 6.33 Å². The van der Waals surface area contributed by atoms with Crippen LogP contribution < -0.4 is 22.2 Å². The number of fused-ring (bicyclic) bond motifs is 2.